The molecule has 0 heteroatoms. The van der Waals surface area contributed by atoms with Crippen molar-refractivity contribution in [3.63, 3.8) is 0 Å². The fraction of sp³-hybridized carbons (Fsp3) is 0.722. The van der Waals surface area contributed by atoms with Gasteiger partial charge in [0.1, 0.15) is 0 Å². The first-order chi connectivity index (χ1) is 17.7. The number of hydrogen-bond acceptors (Lipinski definition) is 0. The van der Waals surface area contributed by atoms with Gasteiger partial charge < -0.3 is 0 Å². The monoisotopic (exact) mass is 488 g/mol. The maximum atomic E-state index is 2.63. The minimum absolute atomic E-state index is 0.849. The maximum absolute atomic E-state index is 2.63. The van der Waals surface area contributed by atoms with E-state index in [0.29, 0.717) is 0 Å². The average molecular weight is 489 g/mol. The minimum atomic E-state index is 0.849. The summed E-state index contributed by atoms with van der Waals surface area (Å²) in [6.45, 7) is 4.62. The van der Waals surface area contributed by atoms with E-state index in [-0.39, 0.29) is 0 Å². The van der Waals surface area contributed by atoms with E-state index in [1.54, 1.807) is 0 Å². The molecule has 2 fully saturated rings. The first-order valence-electron chi connectivity index (χ1n) is 16.2. The summed E-state index contributed by atoms with van der Waals surface area (Å²) in [4.78, 5) is 0. The van der Waals surface area contributed by atoms with Crippen LogP contribution in [-0.4, -0.2) is 0 Å². The molecule has 0 spiro atoms. The predicted octanol–water partition coefficient (Wildman–Crippen LogP) is 10.9. The van der Waals surface area contributed by atoms with Crippen molar-refractivity contribution in [2.45, 2.75) is 129 Å². The van der Waals surface area contributed by atoms with E-state index >= 15 is 0 Å². The summed E-state index contributed by atoms with van der Waals surface area (Å²) >= 11 is 0. The molecule has 4 rings (SSSR count). The average Bonchev–Trinajstić information content (AvgIpc) is 2.93. The van der Waals surface area contributed by atoms with Gasteiger partial charge in [0, 0.05) is 0 Å². The molecule has 0 bridgehead atoms. The first-order valence-corrected chi connectivity index (χ1v) is 16.2. The zero-order chi connectivity index (χ0) is 25.0. The summed E-state index contributed by atoms with van der Waals surface area (Å²) in [5.41, 5.74) is 3.02. The van der Waals surface area contributed by atoms with Gasteiger partial charge in [0.2, 0.25) is 0 Å². The highest BCUT2D eigenvalue weighted by molar-refractivity contribution is 5.23. The second-order valence-electron chi connectivity index (χ2n) is 12.8. The summed E-state index contributed by atoms with van der Waals surface area (Å²) in [6.07, 6.45) is 35.5. The third-order valence-electron chi connectivity index (χ3n) is 10.2. The fourth-order valence-electron chi connectivity index (χ4n) is 7.75. The number of benzene rings is 1. The molecule has 2 unspecified atom stereocenters. The van der Waals surface area contributed by atoms with Gasteiger partial charge in [-0.3, -0.25) is 0 Å². The van der Waals surface area contributed by atoms with Crippen LogP contribution in [0, 0.1) is 35.5 Å². The summed E-state index contributed by atoms with van der Waals surface area (Å²) in [5.74, 6) is 5.71. The summed E-state index contributed by atoms with van der Waals surface area (Å²) < 4.78 is 0. The molecule has 0 saturated heterocycles. The number of unbranched alkanes of at least 4 members (excludes halogenated alkanes) is 2. The molecule has 3 aliphatic rings. The highest BCUT2D eigenvalue weighted by Crippen LogP contribution is 2.45. The van der Waals surface area contributed by atoms with E-state index in [4.69, 9.17) is 0 Å². The first kappa shape index (κ1) is 27.7. The normalized spacial score (nSPS) is 31.2. The van der Waals surface area contributed by atoms with E-state index in [1.807, 2.05) is 0 Å². The standard InChI is InChI=1S/C36H56/c1-3-5-6-10-30-13-15-31(16-14-30)11-7-8-12-32-19-23-34(24-20-32)36-27-25-35(26-28-36)33-21-17-29(9-4-2)18-22-33/h8,12-17,21,29,32-36H,3-7,9-11,18-20,22-28H2,1-2H3/b12-8+. The van der Waals surface area contributed by atoms with Crippen LogP contribution in [0.2, 0.25) is 0 Å². The van der Waals surface area contributed by atoms with Crippen molar-refractivity contribution in [1.82, 2.24) is 0 Å². The molecule has 0 radical (unpaired) electrons. The van der Waals surface area contributed by atoms with Crippen LogP contribution in [0.3, 0.4) is 0 Å². The highest BCUT2D eigenvalue weighted by Gasteiger charge is 2.33. The van der Waals surface area contributed by atoms with Crippen molar-refractivity contribution in [3.05, 3.63) is 59.7 Å². The van der Waals surface area contributed by atoms with Gasteiger partial charge in [-0.2, -0.15) is 0 Å². The molecule has 3 aliphatic carbocycles. The molecule has 0 aliphatic heterocycles. The molecule has 0 aromatic heterocycles. The number of rotatable bonds is 12. The molecule has 0 heterocycles. The Morgan fingerprint density at radius 2 is 1.28 bits per heavy atom. The number of allylic oxidation sites excluding steroid dienone is 4. The van der Waals surface area contributed by atoms with E-state index < -0.39 is 0 Å². The van der Waals surface area contributed by atoms with Crippen LogP contribution >= 0.6 is 0 Å². The third kappa shape index (κ3) is 8.63. The fourth-order valence-corrected chi connectivity index (χ4v) is 7.75. The van der Waals surface area contributed by atoms with E-state index in [0.717, 1.165) is 35.5 Å². The van der Waals surface area contributed by atoms with Crippen LogP contribution in [0.15, 0.2) is 48.6 Å². The second-order valence-corrected chi connectivity index (χ2v) is 12.8. The van der Waals surface area contributed by atoms with Crippen LogP contribution < -0.4 is 0 Å². The van der Waals surface area contributed by atoms with Gasteiger partial charge in [0.05, 0.1) is 0 Å². The van der Waals surface area contributed by atoms with E-state index in [9.17, 15) is 0 Å². The van der Waals surface area contributed by atoms with Crippen LogP contribution in [0.25, 0.3) is 0 Å². The molecule has 200 valence electrons. The van der Waals surface area contributed by atoms with Crippen molar-refractivity contribution in [2.75, 3.05) is 0 Å². The zero-order valence-corrected chi connectivity index (χ0v) is 23.8. The Balaban J connectivity index is 1.09. The quantitative estimate of drug-likeness (QED) is 0.203. The summed E-state index contributed by atoms with van der Waals surface area (Å²) in [7, 11) is 0. The Hall–Kier alpha value is -1.30. The van der Waals surface area contributed by atoms with Crippen LogP contribution in [-0.2, 0) is 12.8 Å². The van der Waals surface area contributed by atoms with E-state index in [1.165, 1.54) is 127 Å². The Morgan fingerprint density at radius 3 is 1.89 bits per heavy atom. The summed E-state index contributed by atoms with van der Waals surface area (Å²) in [5, 5.41) is 0. The third-order valence-corrected chi connectivity index (χ3v) is 10.2. The van der Waals surface area contributed by atoms with Gasteiger partial charge in [0.15, 0.2) is 0 Å². The second kappa shape index (κ2) is 15.2. The topological polar surface area (TPSA) is 0 Å². The molecular weight excluding hydrogens is 432 g/mol. The lowest BCUT2D eigenvalue weighted by Gasteiger charge is -2.40. The Labute approximate surface area is 224 Å². The molecule has 2 saturated carbocycles. The molecule has 0 N–H and O–H groups in total. The SMILES string of the molecule is CCCCCc1ccc(CC/C=C/C2CCC(C3CCC(C4C=CC(CCC)CC4)CC3)CC2)cc1. The van der Waals surface area contributed by atoms with Gasteiger partial charge >= 0.3 is 0 Å². The zero-order valence-electron chi connectivity index (χ0n) is 23.8. The van der Waals surface area contributed by atoms with Gasteiger partial charge in [0.25, 0.3) is 0 Å². The van der Waals surface area contributed by atoms with Crippen LogP contribution in [0.4, 0.5) is 0 Å². The predicted molar refractivity (Wildman–Crippen MR) is 158 cm³/mol. The van der Waals surface area contributed by atoms with Crippen molar-refractivity contribution in [2.24, 2.45) is 35.5 Å². The van der Waals surface area contributed by atoms with Gasteiger partial charge in [-0.05, 0) is 143 Å². The van der Waals surface area contributed by atoms with Crippen molar-refractivity contribution in [3.8, 4) is 0 Å². The lowest BCUT2D eigenvalue weighted by molar-refractivity contribution is 0.136. The molecule has 0 nitrogen and oxygen atoms in total. The lowest BCUT2D eigenvalue weighted by Crippen LogP contribution is -2.28. The van der Waals surface area contributed by atoms with Crippen LogP contribution in [0.5, 0.6) is 0 Å². The lowest BCUT2D eigenvalue weighted by atomic mass is 9.66. The minimum Gasteiger partial charge on any atom is -0.0879 e. The maximum Gasteiger partial charge on any atom is -0.0205 e. The highest BCUT2D eigenvalue weighted by atomic mass is 14.4. The molecule has 0 amide bonds. The Kier molecular flexibility index (Phi) is 11.7. The largest absolute Gasteiger partial charge is 0.0879 e. The van der Waals surface area contributed by atoms with Gasteiger partial charge in [-0.1, -0.05) is 81.7 Å². The smallest absolute Gasteiger partial charge is 0.0205 e. The number of aryl methyl sites for hydroxylation is 2. The van der Waals surface area contributed by atoms with Crippen molar-refractivity contribution < 1.29 is 0 Å². The van der Waals surface area contributed by atoms with Crippen LogP contribution in [0.1, 0.15) is 128 Å². The van der Waals surface area contributed by atoms with Gasteiger partial charge in [-0.15, -0.1) is 0 Å². The number of hydrogen-bond donors (Lipinski definition) is 0. The molecule has 1 aromatic rings. The molecule has 36 heavy (non-hydrogen) atoms. The van der Waals surface area contributed by atoms with Gasteiger partial charge in [-0.25, -0.2) is 0 Å². The molecule has 1 aromatic carbocycles. The Morgan fingerprint density at radius 1 is 0.639 bits per heavy atom. The summed E-state index contributed by atoms with van der Waals surface area (Å²) in [6, 6.07) is 9.45. The Bertz CT molecular complexity index is 767. The molecule has 2 atom stereocenters. The van der Waals surface area contributed by atoms with Crippen molar-refractivity contribution >= 4 is 0 Å². The van der Waals surface area contributed by atoms with E-state index in [2.05, 4.69) is 62.4 Å². The molecular formula is C36H56. The van der Waals surface area contributed by atoms with Crippen molar-refractivity contribution in [1.29, 1.82) is 0 Å².